The van der Waals surface area contributed by atoms with E-state index in [4.69, 9.17) is 39.1 Å². The number of phosphoric ester groups is 1. The van der Waals surface area contributed by atoms with E-state index in [0.717, 1.165) is 26.7 Å². The van der Waals surface area contributed by atoms with E-state index in [1.807, 2.05) is 72.8 Å². The Morgan fingerprint density at radius 2 is 1.58 bits per heavy atom. The second-order valence-electron chi connectivity index (χ2n) is 14.4. The summed E-state index contributed by atoms with van der Waals surface area (Å²) in [5.74, 6) is 0.783. The van der Waals surface area contributed by atoms with Gasteiger partial charge in [0.05, 0.1) is 12.6 Å². The van der Waals surface area contributed by atoms with Crippen LogP contribution in [0.3, 0.4) is 0 Å². The molecule has 0 saturated carbocycles. The summed E-state index contributed by atoms with van der Waals surface area (Å²) in [6.07, 6.45) is -0.698. The van der Waals surface area contributed by atoms with Crippen molar-refractivity contribution < 1.29 is 36.8 Å². The predicted molar refractivity (Wildman–Crippen MR) is 204 cm³/mol. The maximum Gasteiger partial charge on any atom is 0.474 e. The van der Waals surface area contributed by atoms with E-state index >= 15 is 0 Å². The molecule has 2 atom stereocenters. The number of halogens is 1. The third-order valence-electron chi connectivity index (χ3n) is 8.32. The highest BCUT2D eigenvalue weighted by Crippen LogP contribution is 2.49. The molecule has 276 valence electrons. The number of nitrogens with one attached hydrogen (secondary N) is 1. The predicted octanol–water partition coefficient (Wildman–Crippen LogP) is 10.7. The van der Waals surface area contributed by atoms with Gasteiger partial charge in [0, 0.05) is 29.0 Å². The fourth-order valence-electron chi connectivity index (χ4n) is 4.47. The Morgan fingerprint density at radius 3 is 2.18 bits per heavy atom. The van der Waals surface area contributed by atoms with Crippen molar-refractivity contribution in [2.24, 2.45) is 0 Å². The summed E-state index contributed by atoms with van der Waals surface area (Å²) in [7, 11) is -3.74. The first-order valence-electron chi connectivity index (χ1n) is 16.6. The maximum absolute atomic E-state index is 13.3. The van der Waals surface area contributed by atoms with E-state index in [1.54, 1.807) is 32.5 Å². The monoisotopic (exact) mass is 765 g/mol. The molecule has 0 aliphatic rings. The molecule has 9 nitrogen and oxygen atoms in total. The van der Waals surface area contributed by atoms with Gasteiger partial charge in [0.2, 0.25) is 0 Å². The number of carbonyl (C=O) groups excluding carboxylic acids is 1. The first-order valence-corrected chi connectivity index (χ1v) is 22.2. The summed E-state index contributed by atoms with van der Waals surface area (Å²) in [4.78, 5) is 15.1. The van der Waals surface area contributed by atoms with Crippen molar-refractivity contribution in [3.63, 3.8) is 0 Å². The summed E-state index contributed by atoms with van der Waals surface area (Å²) < 4.78 is 47.6. The number of carbonyl (C=O) groups is 1. The summed E-state index contributed by atoms with van der Waals surface area (Å²) in [6, 6.07) is 23.2. The third-order valence-corrected chi connectivity index (χ3v) is 15.6. The van der Waals surface area contributed by atoms with Gasteiger partial charge in [0.1, 0.15) is 24.1 Å². The second kappa shape index (κ2) is 18.4. The number of benzene rings is 3. The van der Waals surface area contributed by atoms with Gasteiger partial charge in [-0.15, -0.1) is 0 Å². The Balaban J connectivity index is 1.80. The van der Waals surface area contributed by atoms with Crippen LogP contribution in [0.15, 0.2) is 82.6 Å². The van der Waals surface area contributed by atoms with Crippen LogP contribution in [-0.4, -0.2) is 53.0 Å². The molecule has 0 fully saturated rings. The van der Waals surface area contributed by atoms with Gasteiger partial charge >= 0.3 is 13.9 Å². The Hall–Kier alpha value is -2.34. The smallest absolute Gasteiger partial charge is 0.474 e. The minimum Gasteiger partial charge on any atom is -0.489 e. The highest BCUT2D eigenvalue weighted by atomic mass is 35.5. The summed E-state index contributed by atoms with van der Waals surface area (Å²) >= 11 is 8.42. The average Bonchev–Trinajstić information content (AvgIpc) is 3.04. The number of amides is 1. The first-order chi connectivity index (χ1) is 23.3. The minimum absolute atomic E-state index is 0.0467. The molecule has 13 heteroatoms. The molecule has 1 N–H and O–H groups in total. The maximum atomic E-state index is 13.3. The topological polar surface area (TPSA) is 102 Å². The molecule has 3 aromatic carbocycles. The Labute approximate surface area is 308 Å². The van der Waals surface area contributed by atoms with Gasteiger partial charge in [-0.1, -0.05) is 86.6 Å². The van der Waals surface area contributed by atoms with E-state index in [1.165, 1.54) is 14.2 Å². The molecule has 0 heterocycles. The molecule has 0 saturated heterocycles. The number of alkyl carbamates (subject to hydrolysis) is 1. The van der Waals surface area contributed by atoms with E-state index in [0.29, 0.717) is 24.5 Å². The lowest BCUT2D eigenvalue weighted by molar-refractivity contribution is 0.0251. The zero-order valence-corrected chi connectivity index (χ0v) is 34.4. The lowest BCUT2D eigenvalue weighted by Gasteiger charge is -2.38. The van der Waals surface area contributed by atoms with Gasteiger partial charge < -0.3 is 19.2 Å². The van der Waals surface area contributed by atoms with Crippen LogP contribution in [0.1, 0.15) is 59.1 Å². The normalized spacial score (nSPS) is 13.8. The van der Waals surface area contributed by atoms with Crippen LogP contribution < -0.4 is 10.1 Å². The standard InChI is InChI=1S/C37H53ClNO8PSSi/c1-36(2,3)46-35(40)39-33(34(47-48(41,42-7)43-8)26-45-50(9,10)37(4,5)6)22-20-28-19-21-31(24-32(28)38)49-30-18-14-17-29(23-30)44-25-27-15-12-11-13-16-27/h11-19,21,23-24,33-34H,20,22,25-26H2,1-10H3,(H,39,40). The number of phosphoric acid groups is 1. The minimum atomic E-state index is -3.96. The van der Waals surface area contributed by atoms with Crippen molar-refractivity contribution in [1.29, 1.82) is 0 Å². The second-order valence-corrected chi connectivity index (χ2v) is 22.6. The van der Waals surface area contributed by atoms with Crippen LogP contribution in [0.2, 0.25) is 23.2 Å². The number of hydrogen-bond acceptors (Lipinski definition) is 9. The highest BCUT2D eigenvalue weighted by molar-refractivity contribution is 7.99. The third kappa shape index (κ3) is 13.7. The van der Waals surface area contributed by atoms with Crippen molar-refractivity contribution in [2.75, 3.05) is 20.8 Å². The zero-order valence-electron chi connectivity index (χ0n) is 30.9. The SMILES string of the molecule is COP(=O)(OC)OC(CO[Si](C)(C)C(C)(C)C)C(CCc1ccc(Sc2cccc(OCc3ccccc3)c2)cc1Cl)NC(=O)OC(C)(C)C. The van der Waals surface area contributed by atoms with Crippen LogP contribution in [0.25, 0.3) is 0 Å². The van der Waals surface area contributed by atoms with E-state index in [9.17, 15) is 9.36 Å². The fourth-order valence-corrected chi connectivity index (χ4v) is 7.59. The van der Waals surface area contributed by atoms with Crippen LogP contribution in [-0.2, 0) is 40.3 Å². The molecule has 0 bridgehead atoms. The Kier molecular flexibility index (Phi) is 15.5. The van der Waals surface area contributed by atoms with Gasteiger partial charge in [0.15, 0.2) is 8.32 Å². The molecule has 0 aromatic heterocycles. The summed E-state index contributed by atoms with van der Waals surface area (Å²) in [5.41, 5.74) is 1.24. The molecule has 3 rings (SSSR count). The highest BCUT2D eigenvalue weighted by Gasteiger charge is 2.41. The zero-order chi connectivity index (χ0) is 37.2. The number of rotatable bonds is 17. The average molecular weight is 766 g/mol. The molecule has 3 aromatic rings. The molecule has 0 aliphatic heterocycles. The van der Waals surface area contributed by atoms with E-state index in [2.05, 4.69) is 39.2 Å². The Morgan fingerprint density at radius 1 is 0.920 bits per heavy atom. The van der Waals surface area contributed by atoms with Gasteiger partial charge in [-0.25, -0.2) is 9.36 Å². The lowest BCUT2D eigenvalue weighted by Crippen LogP contribution is -2.50. The molecule has 50 heavy (non-hydrogen) atoms. The van der Waals surface area contributed by atoms with Crippen LogP contribution in [0.5, 0.6) is 5.75 Å². The molecule has 0 radical (unpaired) electrons. The lowest BCUT2D eigenvalue weighted by atomic mass is 10.0. The van der Waals surface area contributed by atoms with Gasteiger partial charge in [0.25, 0.3) is 0 Å². The van der Waals surface area contributed by atoms with Gasteiger partial charge in [-0.05, 0) is 93.2 Å². The largest absolute Gasteiger partial charge is 0.489 e. The van der Waals surface area contributed by atoms with Gasteiger partial charge in [-0.2, -0.15) is 0 Å². The molecule has 2 unspecified atom stereocenters. The van der Waals surface area contributed by atoms with Crippen molar-refractivity contribution >= 4 is 45.6 Å². The molecule has 0 spiro atoms. The van der Waals surface area contributed by atoms with E-state index in [-0.39, 0.29) is 11.6 Å². The summed E-state index contributed by atoms with van der Waals surface area (Å²) in [6.45, 7) is 16.5. The van der Waals surface area contributed by atoms with Crippen molar-refractivity contribution in [3.05, 3.63) is 88.9 Å². The quantitative estimate of drug-likeness (QED) is 0.106. The van der Waals surface area contributed by atoms with Crippen molar-refractivity contribution in [3.8, 4) is 5.75 Å². The van der Waals surface area contributed by atoms with Crippen LogP contribution >= 0.6 is 31.2 Å². The molecule has 0 aliphatic carbocycles. The number of aryl methyl sites for hydroxylation is 1. The van der Waals surface area contributed by atoms with Crippen molar-refractivity contribution in [2.45, 2.75) is 107 Å². The summed E-state index contributed by atoms with van der Waals surface area (Å²) in [5, 5.41) is 3.42. The fraction of sp³-hybridized carbons (Fsp3) is 0.486. The van der Waals surface area contributed by atoms with Crippen LogP contribution in [0.4, 0.5) is 4.79 Å². The Bertz CT molecular complexity index is 1570. The van der Waals surface area contributed by atoms with E-state index < -0.39 is 40.0 Å². The number of hydrogen-bond donors (Lipinski definition) is 1. The van der Waals surface area contributed by atoms with Crippen molar-refractivity contribution in [1.82, 2.24) is 5.32 Å². The molecular formula is C37H53ClNO8PSSi. The number of ether oxygens (including phenoxy) is 2. The van der Waals surface area contributed by atoms with Crippen LogP contribution in [0, 0.1) is 0 Å². The molecule has 1 amide bonds. The first kappa shape index (κ1) is 42.1. The van der Waals surface area contributed by atoms with Gasteiger partial charge in [-0.3, -0.25) is 13.6 Å². The molecular weight excluding hydrogens is 713 g/mol.